The Morgan fingerprint density at radius 3 is 2.47 bits per heavy atom. The number of rotatable bonds is 8. The van der Waals surface area contributed by atoms with Crippen LogP contribution in [-0.4, -0.2) is 53.1 Å². The predicted molar refractivity (Wildman–Crippen MR) is 134 cm³/mol. The molecule has 0 aliphatic heterocycles. The highest BCUT2D eigenvalue weighted by molar-refractivity contribution is 7.09. The smallest absolute Gasteiger partial charge is 0.259 e. The molecule has 3 rings (SSSR count). The van der Waals surface area contributed by atoms with Crippen molar-refractivity contribution in [3.8, 4) is 0 Å². The summed E-state index contributed by atoms with van der Waals surface area (Å²) in [4.78, 5) is 45.9. The molecule has 9 heteroatoms. The Kier molecular flexibility index (Phi) is 9.41. The second-order valence-electron chi connectivity index (χ2n) is 9.08. The first-order valence-electron chi connectivity index (χ1n) is 12.0. The number of pyridine rings is 1. The Labute approximate surface area is 205 Å². The van der Waals surface area contributed by atoms with Crippen LogP contribution in [0.5, 0.6) is 0 Å². The van der Waals surface area contributed by atoms with E-state index in [4.69, 9.17) is 4.74 Å². The number of aromatic nitrogens is 2. The minimum atomic E-state index is -0.545. The second-order valence-corrected chi connectivity index (χ2v) is 9.97. The van der Waals surface area contributed by atoms with Crippen LogP contribution >= 0.6 is 11.3 Å². The predicted octanol–water partition coefficient (Wildman–Crippen LogP) is 3.94. The second kappa shape index (κ2) is 12.3. The third kappa shape index (κ3) is 6.54. The molecule has 186 valence electrons. The van der Waals surface area contributed by atoms with Gasteiger partial charge in [-0.05, 0) is 26.7 Å². The van der Waals surface area contributed by atoms with Crippen LogP contribution in [0, 0.1) is 6.92 Å². The van der Waals surface area contributed by atoms with Gasteiger partial charge in [0.2, 0.25) is 5.43 Å². The Morgan fingerprint density at radius 2 is 1.85 bits per heavy atom. The van der Waals surface area contributed by atoms with Gasteiger partial charge < -0.3 is 19.5 Å². The third-order valence-electron chi connectivity index (χ3n) is 6.44. The summed E-state index contributed by atoms with van der Waals surface area (Å²) in [6.45, 7) is 4.60. The monoisotopic (exact) mass is 488 g/mol. The van der Waals surface area contributed by atoms with Crippen LogP contribution in [0.4, 0.5) is 0 Å². The number of nitrogens with zero attached hydrogens (tertiary/aromatic N) is 3. The Hall–Kier alpha value is -2.52. The van der Waals surface area contributed by atoms with Crippen molar-refractivity contribution in [1.29, 1.82) is 0 Å². The average Bonchev–Trinajstić information content (AvgIpc) is 3.24. The van der Waals surface area contributed by atoms with E-state index in [1.165, 1.54) is 47.9 Å². The van der Waals surface area contributed by atoms with E-state index in [1.54, 1.807) is 18.7 Å². The van der Waals surface area contributed by atoms with E-state index >= 15 is 0 Å². The maximum atomic E-state index is 13.4. The summed E-state index contributed by atoms with van der Waals surface area (Å²) in [5.41, 5.74) is 0.318. The summed E-state index contributed by atoms with van der Waals surface area (Å²) in [6.07, 6.45) is 10.6. The largest absolute Gasteiger partial charge is 0.383 e. The zero-order valence-corrected chi connectivity index (χ0v) is 21.5. The number of aryl methyl sites for hydroxylation is 1. The molecular weight excluding hydrogens is 452 g/mol. The van der Waals surface area contributed by atoms with Gasteiger partial charge in [0, 0.05) is 50.2 Å². The van der Waals surface area contributed by atoms with E-state index in [9.17, 15) is 14.4 Å². The van der Waals surface area contributed by atoms with Crippen molar-refractivity contribution in [2.45, 2.75) is 77.4 Å². The number of thiazole rings is 1. The summed E-state index contributed by atoms with van der Waals surface area (Å²) in [5, 5.41) is 5.79. The lowest BCUT2D eigenvalue weighted by atomic mass is 9.96. The van der Waals surface area contributed by atoms with E-state index in [0.29, 0.717) is 13.2 Å². The highest BCUT2D eigenvalue weighted by atomic mass is 32.1. The van der Waals surface area contributed by atoms with Crippen LogP contribution in [0.1, 0.15) is 89.3 Å². The number of carbonyl (C=O) groups is 2. The van der Waals surface area contributed by atoms with Gasteiger partial charge in [-0.2, -0.15) is 0 Å². The van der Waals surface area contributed by atoms with Crippen molar-refractivity contribution in [1.82, 2.24) is 19.8 Å². The summed E-state index contributed by atoms with van der Waals surface area (Å²) in [6, 6.07) is -0.250. The van der Waals surface area contributed by atoms with Crippen molar-refractivity contribution in [2.75, 3.05) is 20.8 Å². The zero-order valence-electron chi connectivity index (χ0n) is 20.6. The highest BCUT2D eigenvalue weighted by Crippen LogP contribution is 2.23. The molecule has 2 aromatic heterocycles. The number of ether oxygens (including phenoxy) is 1. The molecule has 0 radical (unpaired) electrons. The fourth-order valence-electron chi connectivity index (χ4n) is 4.23. The third-order valence-corrected chi connectivity index (χ3v) is 7.58. The Bertz CT molecular complexity index is 1040. The fraction of sp³-hybridized carbons (Fsp3) is 0.600. The highest BCUT2D eigenvalue weighted by Gasteiger charge is 2.26. The molecule has 1 fully saturated rings. The van der Waals surface area contributed by atoms with Gasteiger partial charge in [0.1, 0.15) is 16.1 Å². The van der Waals surface area contributed by atoms with Crippen LogP contribution < -0.4 is 10.7 Å². The molecule has 1 aliphatic rings. The van der Waals surface area contributed by atoms with Crippen molar-refractivity contribution in [3.05, 3.63) is 49.8 Å². The Balaban J connectivity index is 1.88. The fourth-order valence-corrected chi connectivity index (χ4v) is 5.13. The summed E-state index contributed by atoms with van der Waals surface area (Å²) in [5.74, 6) is -0.847. The molecule has 2 heterocycles. The average molecular weight is 489 g/mol. The number of carbonyl (C=O) groups excluding carboxylic acids is 2. The quantitative estimate of drug-likeness (QED) is 0.608. The molecule has 0 aromatic carbocycles. The molecule has 34 heavy (non-hydrogen) atoms. The number of amides is 2. The molecule has 0 saturated heterocycles. The van der Waals surface area contributed by atoms with Gasteiger partial charge in [-0.25, -0.2) is 4.98 Å². The minimum Gasteiger partial charge on any atom is -0.383 e. The summed E-state index contributed by atoms with van der Waals surface area (Å²) >= 11 is 1.48. The van der Waals surface area contributed by atoms with Gasteiger partial charge >= 0.3 is 0 Å². The Morgan fingerprint density at radius 1 is 1.21 bits per heavy atom. The van der Waals surface area contributed by atoms with Crippen molar-refractivity contribution in [3.63, 3.8) is 0 Å². The summed E-state index contributed by atoms with van der Waals surface area (Å²) < 4.78 is 6.86. The topological polar surface area (TPSA) is 93.5 Å². The maximum absolute atomic E-state index is 13.4. The van der Waals surface area contributed by atoms with Crippen LogP contribution in [0.2, 0.25) is 0 Å². The first kappa shape index (κ1) is 26.1. The minimum absolute atomic E-state index is 0.00448. The molecule has 2 amide bonds. The van der Waals surface area contributed by atoms with Crippen molar-refractivity contribution in [2.24, 2.45) is 0 Å². The SMILES string of the molecule is COCCn1cc(C(=O)NC2CCCCCCC2)c(=O)c(C(=O)N(C)C(C)c2nc(C)cs2)c1. The van der Waals surface area contributed by atoms with E-state index in [0.717, 1.165) is 36.4 Å². The molecule has 0 bridgehead atoms. The molecule has 1 atom stereocenters. The van der Waals surface area contributed by atoms with E-state index < -0.39 is 17.2 Å². The molecule has 1 unspecified atom stereocenters. The molecule has 8 nitrogen and oxygen atoms in total. The first-order valence-corrected chi connectivity index (χ1v) is 12.9. The normalized spacial score (nSPS) is 15.9. The lowest BCUT2D eigenvalue weighted by Crippen LogP contribution is -2.40. The van der Waals surface area contributed by atoms with Crippen molar-refractivity contribution >= 4 is 23.2 Å². The van der Waals surface area contributed by atoms with Gasteiger partial charge in [-0.15, -0.1) is 11.3 Å². The lowest BCUT2D eigenvalue weighted by Gasteiger charge is -2.24. The number of hydrogen-bond acceptors (Lipinski definition) is 6. The number of nitrogens with one attached hydrogen (secondary N) is 1. The van der Waals surface area contributed by atoms with Gasteiger partial charge in [-0.1, -0.05) is 32.1 Å². The van der Waals surface area contributed by atoms with Gasteiger partial charge in [0.05, 0.1) is 12.6 Å². The van der Waals surface area contributed by atoms with Gasteiger partial charge in [-0.3, -0.25) is 14.4 Å². The van der Waals surface area contributed by atoms with Crippen LogP contribution in [0.15, 0.2) is 22.6 Å². The van der Waals surface area contributed by atoms with Crippen LogP contribution in [-0.2, 0) is 11.3 Å². The van der Waals surface area contributed by atoms with Crippen LogP contribution in [0.25, 0.3) is 0 Å². The van der Waals surface area contributed by atoms with E-state index in [2.05, 4.69) is 10.3 Å². The van der Waals surface area contributed by atoms with E-state index in [1.807, 2.05) is 19.2 Å². The van der Waals surface area contributed by atoms with Crippen LogP contribution in [0.3, 0.4) is 0 Å². The van der Waals surface area contributed by atoms with Gasteiger partial charge in [0.25, 0.3) is 11.8 Å². The molecule has 1 aliphatic carbocycles. The van der Waals surface area contributed by atoms with E-state index in [-0.39, 0.29) is 23.2 Å². The molecule has 1 saturated carbocycles. The first-order chi connectivity index (χ1) is 16.3. The molecular formula is C25H36N4O4S. The maximum Gasteiger partial charge on any atom is 0.259 e. The van der Waals surface area contributed by atoms with Crippen molar-refractivity contribution < 1.29 is 14.3 Å². The number of methoxy groups -OCH3 is 1. The molecule has 0 spiro atoms. The van der Waals surface area contributed by atoms with Gasteiger partial charge in [0.15, 0.2) is 0 Å². The molecule has 1 N–H and O–H groups in total. The molecule has 2 aromatic rings. The summed E-state index contributed by atoms with van der Waals surface area (Å²) in [7, 11) is 3.24. The number of hydrogen-bond donors (Lipinski definition) is 1. The lowest BCUT2D eigenvalue weighted by molar-refractivity contribution is 0.0739. The zero-order chi connectivity index (χ0) is 24.7. The standard InChI is InChI=1S/C25H36N4O4S/c1-17-16-34-24(26-17)18(2)28(3)25(32)21-15-29(12-13-33-4)14-20(22(21)30)23(31)27-19-10-8-6-5-7-9-11-19/h14-16,18-19H,5-13H2,1-4H3,(H,27,31).